The summed E-state index contributed by atoms with van der Waals surface area (Å²) >= 11 is 0. The van der Waals surface area contributed by atoms with Crippen LogP contribution in [0.15, 0.2) is 42.5 Å². The molecule has 0 fully saturated rings. The lowest BCUT2D eigenvalue weighted by molar-refractivity contribution is -0.393. The number of rotatable bonds is 7. The number of non-ortho nitro benzene ring substituents is 1. The molecular formula is C15H15N3O5. The molecule has 1 N–H and O–H groups in total. The first-order chi connectivity index (χ1) is 11.0. The van der Waals surface area contributed by atoms with Crippen molar-refractivity contribution >= 4 is 17.1 Å². The topological polar surface area (TPSA) is 108 Å². The smallest absolute Gasteiger partial charge is 0.299 e. The van der Waals surface area contributed by atoms with Crippen molar-refractivity contribution in [1.29, 1.82) is 0 Å². The molecule has 0 atom stereocenters. The second kappa shape index (κ2) is 7.21. The van der Waals surface area contributed by atoms with Gasteiger partial charge in [0, 0.05) is 12.6 Å². The van der Waals surface area contributed by atoms with E-state index < -0.39 is 9.85 Å². The second-order valence-corrected chi connectivity index (χ2v) is 4.74. The monoisotopic (exact) mass is 317 g/mol. The highest BCUT2D eigenvalue weighted by Crippen LogP contribution is 2.28. The van der Waals surface area contributed by atoms with E-state index in [0.29, 0.717) is 13.0 Å². The van der Waals surface area contributed by atoms with Crippen molar-refractivity contribution in [3.05, 3.63) is 68.3 Å². The van der Waals surface area contributed by atoms with Gasteiger partial charge in [0.25, 0.3) is 11.4 Å². The normalized spacial score (nSPS) is 10.1. The Morgan fingerprint density at radius 1 is 1.04 bits per heavy atom. The Morgan fingerprint density at radius 2 is 1.74 bits per heavy atom. The maximum absolute atomic E-state index is 11.0. The van der Waals surface area contributed by atoms with Crippen LogP contribution in [0.3, 0.4) is 0 Å². The molecule has 0 unspecified atom stereocenters. The first-order valence-corrected chi connectivity index (χ1v) is 6.81. The lowest BCUT2D eigenvalue weighted by atomic mass is 10.1. The van der Waals surface area contributed by atoms with Crippen LogP contribution in [-0.2, 0) is 6.42 Å². The van der Waals surface area contributed by atoms with Crippen LogP contribution >= 0.6 is 0 Å². The summed E-state index contributed by atoms with van der Waals surface area (Å²) in [6.45, 7) is 0.463. The summed E-state index contributed by atoms with van der Waals surface area (Å²) in [6, 6.07) is 11.0. The largest absolute Gasteiger partial charge is 0.497 e. The molecule has 0 saturated carbocycles. The summed E-state index contributed by atoms with van der Waals surface area (Å²) in [5.74, 6) is 0.757. The molecule has 2 aromatic carbocycles. The van der Waals surface area contributed by atoms with Crippen LogP contribution in [0.25, 0.3) is 0 Å². The number of hydrogen-bond donors (Lipinski definition) is 1. The minimum absolute atomic E-state index is 0.258. The number of nitrogens with one attached hydrogen (secondary N) is 1. The minimum Gasteiger partial charge on any atom is -0.497 e. The van der Waals surface area contributed by atoms with Crippen LogP contribution < -0.4 is 10.1 Å². The van der Waals surface area contributed by atoms with E-state index in [1.165, 1.54) is 12.1 Å². The van der Waals surface area contributed by atoms with Crippen molar-refractivity contribution < 1.29 is 14.6 Å². The van der Waals surface area contributed by atoms with Crippen molar-refractivity contribution in [3.8, 4) is 5.75 Å². The van der Waals surface area contributed by atoms with E-state index in [1.807, 2.05) is 24.3 Å². The quantitative estimate of drug-likeness (QED) is 0.620. The molecule has 8 heteroatoms. The zero-order valence-corrected chi connectivity index (χ0v) is 12.4. The Hall–Kier alpha value is -3.16. The lowest BCUT2D eigenvalue weighted by Gasteiger charge is -2.07. The molecule has 0 aliphatic heterocycles. The number of nitrogens with zero attached hydrogens (tertiary/aromatic N) is 2. The van der Waals surface area contributed by atoms with Crippen LogP contribution in [0.1, 0.15) is 5.56 Å². The highest BCUT2D eigenvalue weighted by Gasteiger charge is 2.18. The molecule has 0 bridgehead atoms. The maximum Gasteiger partial charge on any atom is 0.299 e. The molecule has 0 radical (unpaired) electrons. The second-order valence-electron chi connectivity index (χ2n) is 4.74. The zero-order valence-electron chi connectivity index (χ0n) is 12.4. The van der Waals surface area contributed by atoms with E-state index in [0.717, 1.165) is 17.4 Å². The SMILES string of the molecule is COc1ccc(CCNc2ccc([N+](=O)[O-])cc2[N+](=O)[O-])cc1. The van der Waals surface area contributed by atoms with Crippen molar-refractivity contribution in [2.24, 2.45) is 0 Å². The Balaban J connectivity index is 2.04. The fourth-order valence-electron chi connectivity index (χ4n) is 2.07. The van der Waals surface area contributed by atoms with Crippen LogP contribution in [0, 0.1) is 20.2 Å². The maximum atomic E-state index is 11.0. The van der Waals surface area contributed by atoms with Gasteiger partial charge in [-0.2, -0.15) is 0 Å². The fourth-order valence-corrected chi connectivity index (χ4v) is 2.07. The van der Waals surface area contributed by atoms with Crippen LogP contribution in [-0.4, -0.2) is 23.5 Å². The molecule has 120 valence electrons. The molecule has 0 aliphatic carbocycles. The molecule has 0 aromatic heterocycles. The van der Waals surface area contributed by atoms with Gasteiger partial charge in [0.2, 0.25) is 0 Å². The van der Waals surface area contributed by atoms with Crippen molar-refractivity contribution in [2.75, 3.05) is 19.0 Å². The van der Waals surface area contributed by atoms with E-state index in [-0.39, 0.29) is 17.1 Å². The van der Waals surface area contributed by atoms with Crippen LogP contribution in [0.4, 0.5) is 17.1 Å². The molecule has 0 saturated heterocycles. The van der Waals surface area contributed by atoms with Gasteiger partial charge in [-0.05, 0) is 30.2 Å². The highest BCUT2D eigenvalue weighted by atomic mass is 16.6. The minimum atomic E-state index is -0.659. The molecular weight excluding hydrogens is 302 g/mol. The predicted molar refractivity (Wildman–Crippen MR) is 84.9 cm³/mol. The van der Waals surface area contributed by atoms with E-state index in [9.17, 15) is 20.2 Å². The summed E-state index contributed by atoms with van der Waals surface area (Å²) in [4.78, 5) is 20.4. The molecule has 0 amide bonds. The summed E-state index contributed by atoms with van der Waals surface area (Å²) in [5, 5.41) is 24.7. The highest BCUT2D eigenvalue weighted by molar-refractivity contribution is 5.65. The molecule has 2 rings (SSSR count). The van der Waals surface area contributed by atoms with Gasteiger partial charge in [0.05, 0.1) is 23.0 Å². The van der Waals surface area contributed by atoms with Gasteiger partial charge >= 0.3 is 0 Å². The third kappa shape index (κ3) is 4.16. The van der Waals surface area contributed by atoms with Gasteiger partial charge in [-0.3, -0.25) is 20.2 Å². The van der Waals surface area contributed by atoms with Crippen LogP contribution in [0.5, 0.6) is 5.75 Å². The van der Waals surface area contributed by atoms with E-state index in [1.54, 1.807) is 7.11 Å². The molecule has 0 spiro atoms. The van der Waals surface area contributed by atoms with Gasteiger partial charge in [-0.25, -0.2) is 0 Å². The van der Waals surface area contributed by atoms with Gasteiger partial charge in [-0.15, -0.1) is 0 Å². The first kappa shape index (κ1) is 16.2. The zero-order chi connectivity index (χ0) is 16.8. The summed E-state index contributed by atoms with van der Waals surface area (Å²) in [5.41, 5.74) is 0.684. The number of anilines is 1. The molecule has 23 heavy (non-hydrogen) atoms. The van der Waals surface area contributed by atoms with E-state index >= 15 is 0 Å². The predicted octanol–water partition coefficient (Wildman–Crippen LogP) is 3.17. The molecule has 8 nitrogen and oxygen atoms in total. The van der Waals surface area contributed by atoms with Crippen molar-refractivity contribution in [2.45, 2.75) is 6.42 Å². The molecule has 0 aliphatic rings. The number of ether oxygens (including phenoxy) is 1. The third-order valence-electron chi connectivity index (χ3n) is 3.28. The lowest BCUT2D eigenvalue weighted by Crippen LogP contribution is -2.07. The Bertz CT molecular complexity index is 716. The van der Waals surface area contributed by atoms with E-state index in [4.69, 9.17) is 4.74 Å². The van der Waals surface area contributed by atoms with Crippen LogP contribution in [0.2, 0.25) is 0 Å². The van der Waals surface area contributed by atoms with Gasteiger partial charge in [-0.1, -0.05) is 12.1 Å². The number of benzene rings is 2. The fraction of sp³-hybridized carbons (Fsp3) is 0.200. The Labute approximate surface area is 132 Å². The number of methoxy groups -OCH3 is 1. The first-order valence-electron chi connectivity index (χ1n) is 6.81. The summed E-state index contributed by atoms with van der Waals surface area (Å²) in [7, 11) is 1.59. The average Bonchev–Trinajstić information content (AvgIpc) is 2.55. The summed E-state index contributed by atoms with van der Waals surface area (Å²) < 4.78 is 5.07. The number of nitro benzene ring substituents is 2. The van der Waals surface area contributed by atoms with Gasteiger partial charge in [0.1, 0.15) is 11.4 Å². The number of nitro groups is 2. The van der Waals surface area contributed by atoms with Crippen molar-refractivity contribution in [3.63, 3.8) is 0 Å². The Morgan fingerprint density at radius 3 is 2.30 bits per heavy atom. The average molecular weight is 317 g/mol. The standard InChI is InChI=1S/C15H15N3O5/c1-23-13-5-2-11(3-6-13)8-9-16-14-7-4-12(17(19)20)10-15(14)18(21)22/h2-7,10,16H,8-9H2,1H3. The summed E-state index contributed by atoms with van der Waals surface area (Å²) in [6.07, 6.45) is 0.651. The Kier molecular flexibility index (Phi) is 5.08. The molecule has 0 heterocycles. The van der Waals surface area contributed by atoms with Gasteiger partial charge in [0.15, 0.2) is 0 Å². The van der Waals surface area contributed by atoms with Gasteiger partial charge < -0.3 is 10.1 Å². The van der Waals surface area contributed by atoms with E-state index in [2.05, 4.69) is 5.32 Å². The van der Waals surface area contributed by atoms with Crippen molar-refractivity contribution in [1.82, 2.24) is 0 Å². The third-order valence-corrected chi connectivity index (χ3v) is 3.28. The molecule has 2 aromatic rings. The number of hydrogen-bond acceptors (Lipinski definition) is 6.